The molecule has 0 unspecified atom stereocenters. The van der Waals surface area contributed by atoms with Gasteiger partial charge in [-0.05, 0) is 66.9 Å². The molecule has 0 atom stereocenters. The summed E-state index contributed by atoms with van der Waals surface area (Å²) in [6, 6.07) is 22.7. The molecule has 5 rings (SSSR count). The van der Waals surface area contributed by atoms with Crippen LogP contribution < -0.4 is 10.6 Å². The number of nitrogens with one attached hydrogen (secondary N) is 2. The molecule has 2 heterocycles. The van der Waals surface area contributed by atoms with Gasteiger partial charge in [0.2, 0.25) is 5.91 Å². The Morgan fingerprint density at radius 3 is 2.55 bits per heavy atom. The number of fused-ring (bicyclic) bond motifs is 1. The van der Waals surface area contributed by atoms with E-state index in [1.807, 2.05) is 24.3 Å². The fraction of sp³-hybridized carbons (Fsp3) is 0.219. The van der Waals surface area contributed by atoms with Gasteiger partial charge in [0.05, 0.1) is 17.9 Å². The van der Waals surface area contributed by atoms with Crippen LogP contribution in [0.1, 0.15) is 43.6 Å². The number of nitrogens with zero attached hydrogens (tertiary/aromatic N) is 1. The molecular weight excluding hydrogens is 574 g/mol. The molecule has 7 nitrogen and oxygen atoms in total. The van der Waals surface area contributed by atoms with Crippen LogP contribution in [0.2, 0.25) is 0 Å². The van der Waals surface area contributed by atoms with Crippen molar-refractivity contribution in [3.63, 3.8) is 0 Å². The minimum Gasteiger partial charge on any atom is -0.462 e. The number of halogens is 1. The summed E-state index contributed by atoms with van der Waals surface area (Å²) in [5, 5.41) is 6.27. The quantitative estimate of drug-likeness (QED) is 0.157. The molecule has 0 spiro atoms. The second kappa shape index (κ2) is 13.8. The van der Waals surface area contributed by atoms with Crippen LogP contribution in [0.4, 0.5) is 15.1 Å². The maximum atomic E-state index is 13.2. The van der Waals surface area contributed by atoms with E-state index in [4.69, 9.17) is 4.74 Å². The van der Waals surface area contributed by atoms with Crippen molar-refractivity contribution in [2.75, 3.05) is 29.5 Å². The Kier molecular flexibility index (Phi) is 9.68. The molecule has 0 aliphatic carbocycles. The van der Waals surface area contributed by atoms with E-state index in [0.29, 0.717) is 34.8 Å². The van der Waals surface area contributed by atoms with Gasteiger partial charge in [0.15, 0.2) is 0 Å². The van der Waals surface area contributed by atoms with Crippen LogP contribution in [0, 0.1) is 5.82 Å². The van der Waals surface area contributed by atoms with Gasteiger partial charge in [-0.25, -0.2) is 9.18 Å². The van der Waals surface area contributed by atoms with Gasteiger partial charge in [0.25, 0.3) is 5.91 Å². The number of anilines is 2. The number of ether oxygens (including phenoxy) is 1. The number of rotatable bonds is 10. The zero-order valence-electron chi connectivity index (χ0n) is 23.0. The molecule has 3 aromatic carbocycles. The molecule has 42 heavy (non-hydrogen) atoms. The third-order valence-electron chi connectivity index (χ3n) is 6.69. The fourth-order valence-electron chi connectivity index (χ4n) is 4.72. The highest BCUT2D eigenvalue weighted by Crippen LogP contribution is 2.38. The van der Waals surface area contributed by atoms with Crippen molar-refractivity contribution in [1.29, 1.82) is 0 Å². The van der Waals surface area contributed by atoms with Crippen molar-refractivity contribution in [3.8, 4) is 0 Å². The zero-order chi connectivity index (χ0) is 29.5. The zero-order valence-corrected chi connectivity index (χ0v) is 24.7. The second-order valence-corrected chi connectivity index (χ2v) is 11.9. The molecule has 0 saturated carbocycles. The van der Waals surface area contributed by atoms with Crippen molar-refractivity contribution in [2.24, 2.45) is 0 Å². The molecule has 0 saturated heterocycles. The normalized spacial score (nSPS) is 12.8. The lowest BCUT2D eigenvalue weighted by Gasteiger charge is -2.27. The molecule has 2 amide bonds. The Bertz CT molecular complexity index is 1570. The molecule has 0 radical (unpaired) electrons. The Labute approximate surface area is 252 Å². The van der Waals surface area contributed by atoms with Gasteiger partial charge in [-0.2, -0.15) is 0 Å². The molecule has 10 heteroatoms. The summed E-state index contributed by atoms with van der Waals surface area (Å²) in [5.74, 6) is -1.32. The van der Waals surface area contributed by atoms with Crippen LogP contribution in [-0.2, 0) is 29.0 Å². The predicted molar refractivity (Wildman–Crippen MR) is 165 cm³/mol. The summed E-state index contributed by atoms with van der Waals surface area (Å²) in [6.45, 7) is 4.34. The highest BCUT2D eigenvalue weighted by molar-refractivity contribution is 8.00. The van der Waals surface area contributed by atoms with E-state index < -0.39 is 11.8 Å². The average Bonchev–Trinajstić information content (AvgIpc) is 3.34. The summed E-state index contributed by atoms with van der Waals surface area (Å²) >= 11 is 2.75. The van der Waals surface area contributed by atoms with Crippen LogP contribution in [0.15, 0.2) is 83.8 Å². The maximum Gasteiger partial charge on any atom is 0.341 e. The number of benzene rings is 3. The minimum atomic E-state index is -0.418. The number of esters is 1. The average molecular weight is 604 g/mol. The Hall–Kier alpha value is -3.99. The van der Waals surface area contributed by atoms with Crippen molar-refractivity contribution in [1.82, 2.24) is 4.90 Å². The van der Waals surface area contributed by atoms with Gasteiger partial charge in [-0.15, -0.1) is 23.1 Å². The first kappa shape index (κ1) is 29.5. The van der Waals surface area contributed by atoms with Gasteiger partial charge in [0, 0.05) is 40.7 Å². The van der Waals surface area contributed by atoms with Crippen molar-refractivity contribution in [3.05, 3.63) is 112 Å². The smallest absolute Gasteiger partial charge is 0.341 e. The highest BCUT2D eigenvalue weighted by atomic mass is 32.2. The number of hydrogen-bond donors (Lipinski definition) is 2. The molecule has 0 fully saturated rings. The first-order valence-electron chi connectivity index (χ1n) is 13.6. The number of carbonyl (C=O) groups is 3. The number of thiophene rings is 1. The topological polar surface area (TPSA) is 87.7 Å². The Morgan fingerprint density at radius 1 is 1.00 bits per heavy atom. The SMILES string of the molecule is CCOC(=O)c1c(NC(=O)CSc2cccc(NC(=O)c3ccc(F)cc3)c2)sc2c1CCN(Cc1ccccc1)C2. The molecule has 0 bridgehead atoms. The molecule has 2 N–H and O–H groups in total. The first-order chi connectivity index (χ1) is 20.4. The number of hydrogen-bond acceptors (Lipinski definition) is 7. The molecule has 216 valence electrons. The van der Waals surface area contributed by atoms with Gasteiger partial charge < -0.3 is 15.4 Å². The number of carbonyl (C=O) groups excluding carboxylic acids is 3. The third-order valence-corrected chi connectivity index (χ3v) is 8.81. The lowest BCUT2D eigenvalue weighted by atomic mass is 10.0. The van der Waals surface area contributed by atoms with Crippen LogP contribution >= 0.6 is 23.1 Å². The van der Waals surface area contributed by atoms with Crippen molar-refractivity contribution >= 4 is 51.6 Å². The third kappa shape index (κ3) is 7.44. The fourth-order valence-corrected chi connectivity index (χ4v) is 6.77. The Balaban J connectivity index is 1.23. The van der Waals surface area contributed by atoms with Gasteiger partial charge in [-0.1, -0.05) is 36.4 Å². The van der Waals surface area contributed by atoms with Gasteiger partial charge in [-0.3, -0.25) is 14.5 Å². The van der Waals surface area contributed by atoms with Crippen LogP contribution in [0.5, 0.6) is 0 Å². The van der Waals surface area contributed by atoms with Gasteiger partial charge in [0.1, 0.15) is 10.8 Å². The monoisotopic (exact) mass is 603 g/mol. The standard InChI is InChI=1S/C32H30FN3O4S2/c1-2-40-32(39)29-26-15-16-36(18-21-7-4-3-5-8-21)19-27(26)42-31(29)35-28(37)20-41-25-10-6-9-24(17-25)34-30(38)22-11-13-23(33)14-12-22/h3-14,17H,2,15-16,18-20H2,1H3,(H,34,38)(H,35,37). The summed E-state index contributed by atoms with van der Waals surface area (Å²) in [5.41, 5.74) is 3.54. The van der Waals surface area contributed by atoms with E-state index in [1.165, 1.54) is 52.9 Å². The van der Waals surface area contributed by atoms with E-state index in [1.54, 1.807) is 25.1 Å². The molecule has 1 aliphatic heterocycles. The van der Waals surface area contributed by atoms with Crippen molar-refractivity contribution in [2.45, 2.75) is 31.3 Å². The molecule has 1 aliphatic rings. The molecule has 1 aromatic heterocycles. The number of amides is 2. The lowest BCUT2D eigenvalue weighted by Crippen LogP contribution is -2.30. The lowest BCUT2D eigenvalue weighted by molar-refractivity contribution is -0.113. The maximum absolute atomic E-state index is 13.2. The van der Waals surface area contributed by atoms with E-state index in [9.17, 15) is 18.8 Å². The predicted octanol–water partition coefficient (Wildman–Crippen LogP) is 6.61. The summed E-state index contributed by atoms with van der Waals surface area (Å²) < 4.78 is 18.5. The van der Waals surface area contributed by atoms with E-state index in [-0.39, 0.29) is 24.2 Å². The van der Waals surface area contributed by atoms with E-state index in [0.717, 1.165) is 28.4 Å². The highest BCUT2D eigenvalue weighted by Gasteiger charge is 2.29. The first-order valence-corrected chi connectivity index (χ1v) is 15.4. The molecular formula is C32H30FN3O4S2. The van der Waals surface area contributed by atoms with Crippen LogP contribution in [0.3, 0.4) is 0 Å². The Morgan fingerprint density at radius 2 is 1.79 bits per heavy atom. The van der Waals surface area contributed by atoms with E-state index in [2.05, 4.69) is 27.7 Å². The summed E-state index contributed by atoms with van der Waals surface area (Å²) in [6.07, 6.45) is 0.702. The van der Waals surface area contributed by atoms with E-state index >= 15 is 0 Å². The van der Waals surface area contributed by atoms with Crippen LogP contribution in [-0.4, -0.2) is 41.6 Å². The number of thioether (sulfide) groups is 1. The largest absolute Gasteiger partial charge is 0.462 e. The molecule has 4 aromatic rings. The minimum absolute atomic E-state index is 0.111. The second-order valence-electron chi connectivity index (χ2n) is 9.70. The summed E-state index contributed by atoms with van der Waals surface area (Å²) in [7, 11) is 0. The van der Waals surface area contributed by atoms with Gasteiger partial charge >= 0.3 is 5.97 Å². The summed E-state index contributed by atoms with van der Waals surface area (Å²) in [4.78, 5) is 42.6. The van der Waals surface area contributed by atoms with Crippen LogP contribution in [0.25, 0.3) is 0 Å². The van der Waals surface area contributed by atoms with Crippen molar-refractivity contribution < 1.29 is 23.5 Å².